The lowest BCUT2D eigenvalue weighted by Crippen LogP contribution is -2.32. The van der Waals surface area contributed by atoms with Gasteiger partial charge in [0.05, 0.1) is 17.9 Å². The first-order valence-electron chi connectivity index (χ1n) is 9.74. The van der Waals surface area contributed by atoms with Crippen molar-refractivity contribution in [3.05, 3.63) is 45.8 Å². The molecular weight excluding hydrogens is 424 g/mol. The Morgan fingerprint density at radius 2 is 2.23 bits per heavy atom. The van der Waals surface area contributed by atoms with E-state index in [9.17, 15) is 9.59 Å². The van der Waals surface area contributed by atoms with Crippen LogP contribution < -0.4 is 10.9 Å². The molecule has 1 N–H and O–H groups in total. The Balaban J connectivity index is 1.56. The summed E-state index contributed by atoms with van der Waals surface area (Å²) >= 11 is 7.58. The van der Waals surface area contributed by atoms with Gasteiger partial charge in [-0.25, -0.2) is 9.67 Å². The molecule has 1 aromatic carbocycles. The van der Waals surface area contributed by atoms with Gasteiger partial charge in [0, 0.05) is 23.7 Å². The maximum atomic E-state index is 13.2. The Kier molecular flexibility index (Phi) is 6.12. The summed E-state index contributed by atoms with van der Waals surface area (Å²) in [6.45, 7) is 1.54. The molecule has 3 aromatic rings. The van der Waals surface area contributed by atoms with Crippen molar-refractivity contribution in [3.8, 4) is 5.69 Å². The van der Waals surface area contributed by atoms with E-state index in [4.69, 9.17) is 11.6 Å². The quantitative estimate of drug-likeness (QED) is 0.443. The predicted molar refractivity (Wildman–Crippen MR) is 119 cm³/mol. The molecule has 0 spiro atoms. The van der Waals surface area contributed by atoms with E-state index in [2.05, 4.69) is 20.3 Å². The van der Waals surface area contributed by atoms with E-state index in [1.165, 1.54) is 18.0 Å². The maximum Gasteiger partial charge on any atom is 0.265 e. The minimum atomic E-state index is -0.210. The third kappa shape index (κ3) is 4.23. The van der Waals surface area contributed by atoms with Gasteiger partial charge in [0.2, 0.25) is 5.91 Å². The zero-order valence-electron chi connectivity index (χ0n) is 16.8. The van der Waals surface area contributed by atoms with Crippen LogP contribution in [0, 0.1) is 0 Å². The summed E-state index contributed by atoms with van der Waals surface area (Å²) in [7, 11) is 4.01. The van der Waals surface area contributed by atoms with Crippen LogP contribution in [0.4, 0.5) is 0 Å². The molecule has 0 saturated carbocycles. The molecule has 1 amide bonds. The SMILES string of the molecule is CN(C)CCCNC(=O)C[C@H]1CSc2nc3c(cnn3-c3cccc(Cl)c3)c(=O)n21. The number of amides is 1. The number of benzene rings is 1. The van der Waals surface area contributed by atoms with Crippen LogP contribution in [-0.2, 0) is 4.79 Å². The molecule has 0 radical (unpaired) electrons. The summed E-state index contributed by atoms with van der Waals surface area (Å²) < 4.78 is 3.26. The molecule has 4 rings (SSSR count). The van der Waals surface area contributed by atoms with E-state index in [1.54, 1.807) is 21.4 Å². The van der Waals surface area contributed by atoms with Crippen molar-refractivity contribution in [2.24, 2.45) is 0 Å². The number of hydrogen-bond donors (Lipinski definition) is 1. The highest BCUT2D eigenvalue weighted by molar-refractivity contribution is 7.99. The molecule has 3 heterocycles. The third-order valence-electron chi connectivity index (χ3n) is 4.95. The predicted octanol–water partition coefficient (Wildman–Crippen LogP) is 2.34. The molecule has 2 aromatic heterocycles. The van der Waals surface area contributed by atoms with Gasteiger partial charge in [0.25, 0.3) is 5.56 Å². The molecule has 0 saturated heterocycles. The monoisotopic (exact) mass is 446 g/mol. The second-order valence-electron chi connectivity index (χ2n) is 7.52. The van der Waals surface area contributed by atoms with Crippen molar-refractivity contribution in [1.29, 1.82) is 0 Å². The third-order valence-corrected chi connectivity index (χ3v) is 6.28. The van der Waals surface area contributed by atoms with Gasteiger partial charge in [-0.05, 0) is 45.3 Å². The minimum Gasteiger partial charge on any atom is -0.356 e. The highest BCUT2D eigenvalue weighted by Gasteiger charge is 2.29. The second kappa shape index (κ2) is 8.79. The fraction of sp³-hybridized carbons (Fsp3) is 0.400. The number of nitrogens with zero attached hydrogens (tertiary/aromatic N) is 5. The van der Waals surface area contributed by atoms with Crippen molar-refractivity contribution >= 4 is 40.3 Å². The second-order valence-corrected chi connectivity index (χ2v) is 8.94. The molecular formula is C20H23ClN6O2S. The lowest BCUT2D eigenvalue weighted by molar-refractivity contribution is -0.121. The van der Waals surface area contributed by atoms with E-state index in [-0.39, 0.29) is 23.9 Å². The minimum absolute atomic E-state index is 0.0474. The van der Waals surface area contributed by atoms with Crippen LogP contribution >= 0.6 is 23.4 Å². The number of fused-ring (bicyclic) bond motifs is 2. The van der Waals surface area contributed by atoms with Gasteiger partial charge in [-0.15, -0.1) is 0 Å². The van der Waals surface area contributed by atoms with Gasteiger partial charge < -0.3 is 10.2 Å². The Hall–Kier alpha value is -2.36. The van der Waals surface area contributed by atoms with Crippen molar-refractivity contribution < 1.29 is 4.79 Å². The molecule has 0 bridgehead atoms. The highest BCUT2D eigenvalue weighted by Crippen LogP contribution is 2.33. The number of hydrogen-bond acceptors (Lipinski definition) is 6. The molecule has 0 unspecified atom stereocenters. The van der Waals surface area contributed by atoms with E-state index >= 15 is 0 Å². The number of carbonyl (C=O) groups is 1. The van der Waals surface area contributed by atoms with E-state index in [0.717, 1.165) is 18.7 Å². The fourth-order valence-electron chi connectivity index (χ4n) is 3.49. The summed E-state index contributed by atoms with van der Waals surface area (Å²) in [6.07, 6.45) is 2.68. The van der Waals surface area contributed by atoms with Crippen molar-refractivity contribution in [1.82, 2.24) is 29.5 Å². The summed E-state index contributed by atoms with van der Waals surface area (Å²) in [6, 6.07) is 7.03. The summed E-state index contributed by atoms with van der Waals surface area (Å²) in [4.78, 5) is 32.3. The van der Waals surface area contributed by atoms with Crippen molar-refractivity contribution in [2.75, 3.05) is 32.9 Å². The molecule has 1 aliphatic rings. The zero-order chi connectivity index (χ0) is 21.3. The molecule has 0 aliphatic carbocycles. The van der Waals surface area contributed by atoms with Crippen molar-refractivity contribution in [2.45, 2.75) is 24.0 Å². The molecule has 158 valence electrons. The first-order chi connectivity index (χ1) is 14.4. The van der Waals surface area contributed by atoms with Crippen LogP contribution in [0.2, 0.25) is 5.02 Å². The van der Waals surface area contributed by atoms with Gasteiger partial charge in [-0.3, -0.25) is 14.2 Å². The van der Waals surface area contributed by atoms with Gasteiger partial charge in [0.1, 0.15) is 5.39 Å². The van der Waals surface area contributed by atoms with Gasteiger partial charge >= 0.3 is 0 Å². The van der Waals surface area contributed by atoms with E-state index in [0.29, 0.717) is 33.5 Å². The average Bonchev–Trinajstić information content (AvgIpc) is 3.30. The first-order valence-corrected chi connectivity index (χ1v) is 11.1. The number of aromatic nitrogens is 4. The van der Waals surface area contributed by atoms with Crippen LogP contribution in [0.15, 0.2) is 40.4 Å². The highest BCUT2D eigenvalue weighted by atomic mass is 35.5. The van der Waals surface area contributed by atoms with Crippen LogP contribution in [0.5, 0.6) is 0 Å². The topological polar surface area (TPSA) is 85.1 Å². The summed E-state index contributed by atoms with van der Waals surface area (Å²) in [5.74, 6) is 0.596. The van der Waals surface area contributed by atoms with Crippen LogP contribution in [0.1, 0.15) is 18.9 Å². The van der Waals surface area contributed by atoms with Crippen molar-refractivity contribution in [3.63, 3.8) is 0 Å². The summed E-state index contributed by atoms with van der Waals surface area (Å²) in [5, 5.41) is 8.92. The number of halogens is 1. The number of rotatable bonds is 7. The first kappa shape index (κ1) is 20.9. The lowest BCUT2D eigenvalue weighted by atomic mass is 10.2. The largest absolute Gasteiger partial charge is 0.356 e. The molecule has 0 fully saturated rings. The van der Waals surface area contributed by atoms with Crippen LogP contribution in [0.3, 0.4) is 0 Å². The Bertz CT molecular complexity index is 1140. The fourth-order valence-corrected chi connectivity index (χ4v) is 4.80. The van der Waals surface area contributed by atoms with Gasteiger partial charge in [0.15, 0.2) is 10.8 Å². The van der Waals surface area contributed by atoms with Gasteiger partial charge in [-0.1, -0.05) is 29.4 Å². The number of thioether (sulfide) groups is 1. The number of carbonyl (C=O) groups excluding carboxylic acids is 1. The smallest absolute Gasteiger partial charge is 0.265 e. The maximum absolute atomic E-state index is 13.2. The molecule has 30 heavy (non-hydrogen) atoms. The Labute approximate surface area is 183 Å². The number of nitrogens with one attached hydrogen (secondary N) is 1. The molecule has 8 nitrogen and oxygen atoms in total. The van der Waals surface area contributed by atoms with Gasteiger partial charge in [-0.2, -0.15) is 5.10 Å². The zero-order valence-corrected chi connectivity index (χ0v) is 18.4. The molecule has 10 heteroatoms. The summed E-state index contributed by atoms with van der Waals surface area (Å²) in [5.41, 5.74) is 1.07. The van der Waals surface area contributed by atoms with E-state index in [1.807, 2.05) is 26.2 Å². The molecule has 1 aliphatic heterocycles. The van der Waals surface area contributed by atoms with E-state index < -0.39 is 0 Å². The normalized spacial score (nSPS) is 15.7. The standard InChI is InChI=1S/C20H23ClN6O2S/c1-25(2)8-4-7-22-17(28)10-15-12-30-20-24-18-16(19(29)26(15)20)11-23-27(18)14-6-3-5-13(21)9-14/h3,5-6,9,11,15H,4,7-8,10,12H2,1-2H3,(H,22,28)/t15-/m0/s1. The average molecular weight is 447 g/mol. The van der Waals surface area contributed by atoms with Crippen LogP contribution in [-0.4, -0.2) is 63.1 Å². The Morgan fingerprint density at radius 3 is 3.00 bits per heavy atom. The van der Waals surface area contributed by atoms with Crippen LogP contribution in [0.25, 0.3) is 16.7 Å². The Morgan fingerprint density at radius 1 is 1.40 bits per heavy atom. The lowest BCUT2D eigenvalue weighted by Gasteiger charge is -2.14. The molecule has 1 atom stereocenters.